The maximum absolute atomic E-state index is 4.79. The maximum Gasteiger partial charge on any atom is 0.158 e. The molecule has 108 valence electrons. The van der Waals surface area contributed by atoms with Crippen molar-refractivity contribution in [2.24, 2.45) is 0 Å². The molecule has 4 heterocycles. The average Bonchev–Trinajstić information content (AvgIpc) is 3.03. The molecule has 5 heteroatoms. The predicted octanol–water partition coefficient (Wildman–Crippen LogP) is 2.96. The van der Waals surface area contributed by atoms with E-state index in [1.165, 1.54) is 16.8 Å². The minimum atomic E-state index is 0.482. The number of nitrogens with zero attached hydrogens (tertiary/aromatic N) is 5. The Kier molecular flexibility index (Phi) is 2.25. The van der Waals surface area contributed by atoms with E-state index in [0.717, 1.165) is 17.7 Å². The van der Waals surface area contributed by atoms with Crippen LogP contribution in [0.1, 0.15) is 35.1 Å². The molecule has 2 atom stereocenters. The van der Waals surface area contributed by atoms with Crippen LogP contribution in [0.15, 0.2) is 49.2 Å². The highest BCUT2D eigenvalue weighted by Crippen LogP contribution is 2.54. The van der Waals surface area contributed by atoms with Crippen LogP contribution in [-0.4, -0.2) is 24.0 Å². The van der Waals surface area contributed by atoms with Crippen LogP contribution in [0.5, 0.6) is 0 Å². The minimum Gasteiger partial charge on any atom is -0.307 e. The fourth-order valence-corrected chi connectivity index (χ4v) is 3.25. The van der Waals surface area contributed by atoms with Gasteiger partial charge in [-0.2, -0.15) is 5.10 Å². The van der Waals surface area contributed by atoms with Gasteiger partial charge in [-0.1, -0.05) is 0 Å². The van der Waals surface area contributed by atoms with Crippen LogP contribution >= 0.6 is 0 Å². The van der Waals surface area contributed by atoms with Gasteiger partial charge in [0.05, 0.1) is 11.9 Å². The van der Waals surface area contributed by atoms with Gasteiger partial charge in [0, 0.05) is 36.3 Å². The van der Waals surface area contributed by atoms with Gasteiger partial charge in [-0.05, 0) is 43.0 Å². The van der Waals surface area contributed by atoms with Crippen molar-refractivity contribution in [2.75, 3.05) is 0 Å². The van der Waals surface area contributed by atoms with Crippen molar-refractivity contribution >= 4 is 11.3 Å². The molecule has 1 unspecified atom stereocenters. The summed E-state index contributed by atoms with van der Waals surface area (Å²) >= 11 is 0. The first-order valence-corrected chi connectivity index (χ1v) is 7.53. The van der Waals surface area contributed by atoms with E-state index in [-0.39, 0.29) is 0 Å². The summed E-state index contributed by atoms with van der Waals surface area (Å²) in [6.45, 7) is 2.10. The zero-order chi connectivity index (χ0) is 14.7. The van der Waals surface area contributed by atoms with E-state index in [9.17, 15) is 0 Å². The van der Waals surface area contributed by atoms with Crippen molar-refractivity contribution < 1.29 is 0 Å². The smallest absolute Gasteiger partial charge is 0.158 e. The largest absolute Gasteiger partial charge is 0.307 e. The number of rotatable bonds is 2. The summed E-state index contributed by atoms with van der Waals surface area (Å²) in [5.74, 6) is 0.966. The van der Waals surface area contributed by atoms with Crippen LogP contribution in [0.4, 0.5) is 0 Å². The third-order valence-corrected chi connectivity index (χ3v) is 4.51. The van der Waals surface area contributed by atoms with E-state index < -0.39 is 0 Å². The molecule has 4 aromatic rings. The molecule has 0 N–H and O–H groups in total. The van der Waals surface area contributed by atoms with Crippen LogP contribution in [0, 0.1) is 6.92 Å². The summed E-state index contributed by atoms with van der Waals surface area (Å²) in [4.78, 5) is 9.25. The molecule has 0 spiro atoms. The van der Waals surface area contributed by atoms with Crippen molar-refractivity contribution in [3.63, 3.8) is 0 Å². The topological polar surface area (TPSA) is 47.5 Å². The lowest BCUT2D eigenvalue weighted by molar-refractivity contribution is 0.939. The van der Waals surface area contributed by atoms with E-state index >= 15 is 0 Å². The molecule has 22 heavy (non-hydrogen) atoms. The summed E-state index contributed by atoms with van der Waals surface area (Å²) in [6.07, 6.45) is 11.1. The van der Waals surface area contributed by atoms with Gasteiger partial charge in [0.2, 0.25) is 0 Å². The number of imidazole rings is 1. The van der Waals surface area contributed by atoms with Crippen molar-refractivity contribution in [1.82, 2.24) is 24.0 Å². The minimum absolute atomic E-state index is 0.482. The van der Waals surface area contributed by atoms with Crippen LogP contribution in [0.3, 0.4) is 0 Å². The van der Waals surface area contributed by atoms with Crippen LogP contribution in [-0.2, 0) is 0 Å². The molecule has 0 bridgehead atoms. The average molecular weight is 289 g/mol. The highest BCUT2D eigenvalue weighted by molar-refractivity contribution is 5.53. The third-order valence-electron chi connectivity index (χ3n) is 4.51. The number of hydrogen-bond donors (Lipinski definition) is 0. The van der Waals surface area contributed by atoms with Crippen LogP contribution < -0.4 is 0 Å². The second kappa shape index (κ2) is 4.16. The summed E-state index contributed by atoms with van der Waals surface area (Å²) in [5.41, 5.74) is 5.64. The van der Waals surface area contributed by atoms with Crippen molar-refractivity contribution in [1.29, 1.82) is 0 Å². The Hall–Kier alpha value is -2.69. The van der Waals surface area contributed by atoms with Crippen molar-refractivity contribution in [3.05, 3.63) is 66.0 Å². The lowest BCUT2D eigenvalue weighted by Crippen LogP contribution is -1.89. The van der Waals surface area contributed by atoms with E-state index in [0.29, 0.717) is 11.8 Å². The van der Waals surface area contributed by atoms with Crippen molar-refractivity contribution in [3.8, 4) is 0 Å². The maximum atomic E-state index is 4.79. The molecule has 0 aromatic carbocycles. The first-order valence-electron chi connectivity index (χ1n) is 7.53. The van der Waals surface area contributed by atoms with E-state index in [1.807, 2.05) is 29.2 Å². The number of fused-ring (bicyclic) bond motifs is 2. The van der Waals surface area contributed by atoms with Gasteiger partial charge in [0.25, 0.3) is 0 Å². The predicted molar refractivity (Wildman–Crippen MR) is 83.0 cm³/mol. The van der Waals surface area contributed by atoms with Gasteiger partial charge in [0.1, 0.15) is 5.65 Å². The molecule has 5 rings (SSSR count). The Morgan fingerprint density at radius 3 is 3.14 bits per heavy atom. The lowest BCUT2D eigenvalue weighted by Gasteiger charge is -1.95. The summed E-state index contributed by atoms with van der Waals surface area (Å²) in [6, 6.07) is 6.13. The highest BCUT2D eigenvalue weighted by Gasteiger charge is 2.43. The van der Waals surface area contributed by atoms with Gasteiger partial charge >= 0.3 is 0 Å². The first kappa shape index (κ1) is 11.9. The van der Waals surface area contributed by atoms with E-state index in [1.54, 1.807) is 0 Å². The number of hydrogen-bond acceptors (Lipinski definition) is 3. The molecule has 0 aliphatic heterocycles. The highest BCUT2D eigenvalue weighted by atomic mass is 15.2. The number of aromatic nitrogens is 5. The van der Waals surface area contributed by atoms with Crippen LogP contribution in [0.25, 0.3) is 11.3 Å². The monoisotopic (exact) mass is 289 g/mol. The zero-order valence-corrected chi connectivity index (χ0v) is 12.2. The molecule has 0 amide bonds. The number of aryl methyl sites for hydroxylation is 1. The summed E-state index contributed by atoms with van der Waals surface area (Å²) in [7, 11) is 0. The molecule has 4 aromatic heterocycles. The zero-order valence-electron chi connectivity index (χ0n) is 12.2. The Balaban J connectivity index is 1.52. The number of pyridine rings is 1. The molecule has 0 radical (unpaired) electrons. The quantitative estimate of drug-likeness (QED) is 0.570. The van der Waals surface area contributed by atoms with Gasteiger partial charge in [-0.25, -0.2) is 14.5 Å². The van der Waals surface area contributed by atoms with Crippen LogP contribution in [0.2, 0.25) is 0 Å². The molecule has 1 saturated carbocycles. The Labute approximate surface area is 127 Å². The first-order chi connectivity index (χ1) is 10.8. The lowest BCUT2D eigenvalue weighted by atomic mass is 10.1. The van der Waals surface area contributed by atoms with Gasteiger partial charge < -0.3 is 4.40 Å². The molecule has 5 nitrogen and oxygen atoms in total. The molecular weight excluding hydrogens is 274 g/mol. The fourth-order valence-electron chi connectivity index (χ4n) is 3.25. The SMILES string of the molecule is Cc1ccn2cc(C3C[C@@H]3c3cnn4cccnc34)nc2c1. The van der Waals surface area contributed by atoms with E-state index in [2.05, 4.69) is 45.9 Å². The Morgan fingerprint density at radius 2 is 2.18 bits per heavy atom. The second-order valence-corrected chi connectivity index (χ2v) is 6.07. The van der Waals surface area contributed by atoms with Gasteiger partial charge in [-0.3, -0.25) is 0 Å². The van der Waals surface area contributed by atoms with E-state index in [4.69, 9.17) is 4.98 Å². The second-order valence-electron chi connectivity index (χ2n) is 6.07. The molecule has 0 saturated heterocycles. The summed E-state index contributed by atoms with van der Waals surface area (Å²) in [5, 5.41) is 4.39. The molecular formula is C17H15N5. The Bertz CT molecular complexity index is 997. The molecule has 1 aliphatic carbocycles. The van der Waals surface area contributed by atoms with Crippen molar-refractivity contribution in [2.45, 2.75) is 25.2 Å². The Morgan fingerprint density at radius 1 is 1.23 bits per heavy atom. The third kappa shape index (κ3) is 1.68. The van der Waals surface area contributed by atoms with Gasteiger partial charge in [-0.15, -0.1) is 0 Å². The molecule has 1 fully saturated rings. The normalized spacial score (nSPS) is 20.8. The van der Waals surface area contributed by atoms with Gasteiger partial charge in [0.15, 0.2) is 5.65 Å². The molecule has 1 aliphatic rings. The fraction of sp³-hybridized carbons (Fsp3) is 0.235. The standard InChI is InChI=1S/C17H15N5/c1-11-3-6-21-10-15(20-16(21)7-11)13-8-12(13)14-9-19-22-5-2-4-18-17(14)22/h2-7,9-10,12-13H,8H2,1H3/t12-,13?/m0/s1. The summed E-state index contributed by atoms with van der Waals surface area (Å²) < 4.78 is 3.95.